The van der Waals surface area contributed by atoms with Crippen molar-refractivity contribution in [3.8, 4) is 0 Å². The second-order valence-corrected chi connectivity index (χ2v) is 6.39. The average Bonchev–Trinajstić information content (AvgIpc) is 2.65. The lowest BCUT2D eigenvalue weighted by Crippen LogP contribution is -2.12. The van der Waals surface area contributed by atoms with Crippen LogP contribution in [0.5, 0.6) is 0 Å². The molecule has 1 amide bonds. The molecule has 0 aliphatic heterocycles. The Kier molecular flexibility index (Phi) is 5.35. The quantitative estimate of drug-likeness (QED) is 0.605. The average molecular weight is 385 g/mol. The molecule has 7 heteroatoms. The number of aromatic nitrogens is 1. The lowest BCUT2D eigenvalue weighted by molar-refractivity contribution is -0.137. The molecule has 2 aromatic carbocycles. The SMILES string of the molecule is Cc1ccc(C(=O)Nc2ccc(Nc3cccc(C(F)(F)F)c3)nc2)cc1C. The maximum absolute atomic E-state index is 12.8. The molecule has 144 valence electrons. The van der Waals surface area contributed by atoms with Crippen LogP contribution in [0.15, 0.2) is 60.8 Å². The van der Waals surface area contributed by atoms with Crippen LogP contribution < -0.4 is 10.6 Å². The summed E-state index contributed by atoms with van der Waals surface area (Å²) in [7, 11) is 0. The van der Waals surface area contributed by atoms with Gasteiger partial charge in [-0.3, -0.25) is 4.79 Å². The molecule has 28 heavy (non-hydrogen) atoms. The first-order valence-corrected chi connectivity index (χ1v) is 8.51. The Morgan fingerprint density at radius 2 is 1.71 bits per heavy atom. The summed E-state index contributed by atoms with van der Waals surface area (Å²) < 4.78 is 38.4. The van der Waals surface area contributed by atoms with Crippen LogP contribution in [0.2, 0.25) is 0 Å². The highest BCUT2D eigenvalue weighted by Gasteiger charge is 2.30. The molecule has 3 rings (SSSR count). The fourth-order valence-electron chi connectivity index (χ4n) is 2.55. The van der Waals surface area contributed by atoms with Crippen molar-refractivity contribution in [2.24, 2.45) is 0 Å². The Balaban J connectivity index is 1.68. The summed E-state index contributed by atoms with van der Waals surface area (Å²) in [5, 5.41) is 5.57. The van der Waals surface area contributed by atoms with E-state index in [4.69, 9.17) is 0 Å². The minimum atomic E-state index is -4.41. The number of anilines is 3. The van der Waals surface area contributed by atoms with E-state index in [0.717, 1.165) is 23.3 Å². The number of aryl methyl sites for hydroxylation is 2. The minimum Gasteiger partial charge on any atom is -0.340 e. The van der Waals surface area contributed by atoms with E-state index in [0.29, 0.717) is 17.1 Å². The summed E-state index contributed by atoms with van der Waals surface area (Å²) in [6.45, 7) is 3.90. The van der Waals surface area contributed by atoms with Gasteiger partial charge in [-0.1, -0.05) is 12.1 Å². The van der Waals surface area contributed by atoms with Gasteiger partial charge < -0.3 is 10.6 Å². The van der Waals surface area contributed by atoms with E-state index in [-0.39, 0.29) is 11.6 Å². The van der Waals surface area contributed by atoms with Gasteiger partial charge in [-0.05, 0) is 67.4 Å². The molecule has 2 N–H and O–H groups in total. The van der Waals surface area contributed by atoms with Gasteiger partial charge in [0.15, 0.2) is 0 Å². The Morgan fingerprint density at radius 1 is 0.929 bits per heavy atom. The van der Waals surface area contributed by atoms with Crippen molar-refractivity contribution in [3.05, 3.63) is 83.0 Å². The molecular weight excluding hydrogens is 367 g/mol. The number of rotatable bonds is 4. The molecule has 0 aliphatic carbocycles. The number of halogens is 3. The number of hydrogen-bond acceptors (Lipinski definition) is 3. The number of carbonyl (C=O) groups excluding carboxylic acids is 1. The molecule has 0 unspecified atom stereocenters. The van der Waals surface area contributed by atoms with Crippen molar-refractivity contribution < 1.29 is 18.0 Å². The summed E-state index contributed by atoms with van der Waals surface area (Å²) in [6.07, 6.45) is -2.97. The number of nitrogens with zero attached hydrogens (tertiary/aromatic N) is 1. The number of pyridine rings is 1. The van der Waals surface area contributed by atoms with E-state index < -0.39 is 11.7 Å². The van der Waals surface area contributed by atoms with Crippen LogP contribution in [0.3, 0.4) is 0 Å². The van der Waals surface area contributed by atoms with Gasteiger partial charge in [-0.25, -0.2) is 4.98 Å². The highest BCUT2D eigenvalue weighted by molar-refractivity contribution is 6.04. The van der Waals surface area contributed by atoms with E-state index in [1.54, 1.807) is 18.2 Å². The monoisotopic (exact) mass is 385 g/mol. The maximum atomic E-state index is 12.8. The molecule has 1 aromatic heterocycles. The van der Waals surface area contributed by atoms with E-state index in [2.05, 4.69) is 15.6 Å². The standard InChI is InChI=1S/C21H18F3N3O/c1-13-6-7-15(10-14(13)2)20(28)27-18-8-9-19(25-12-18)26-17-5-3-4-16(11-17)21(22,23)24/h3-12H,1-2H3,(H,25,26)(H,27,28). The van der Waals surface area contributed by atoms with Gasteiger partial charge in [0.1, 0.15) is 5.82 Å². The molecule has 3 aromatic rings. The maximum Gasteiger partial charge on any atom is 0.416 e. The fourth-order valence-corrected chi connectivity index (χ4v) is 2.55. The zero-order chi connectivity index (χ0) is 20.3. The summed E-state index contributed by atoms with van der Waals surface area (Å²) in [6, 6.07) is 13.5. The topological polar surface area (TPSA) is 54.0 Å². The van der Waals surface area contributed by atoms with Gasteiger partial charge >= 0.3 is 6.18 Å². The Morgan fingerprint density at radius 3 is 2.36 bits per heavy atom. The second kappa shape index (κ2) is 7.72. The van der Waals surface area contributed by atoms with Gasteiger partial charge in [0.25, 0.3) is 5.91 Å². The van der Waals surface area contributed by atoms with Crippen molar-refractivity contribution in [1.29, 1.82) is 0 Å². The van der Waals surface area contributed by atoms with Crippen LogP contribution in [0.25, 0.3) is 0 Å². The van der Waals surface area contributed by atoms with Crippen molar-refractivity contribution in [2.75, 3.05) is 10.6 Å². The van der Waals surface area contributed by atoms with Crippen LogP contribution in [0, 0.1) is 13.8 Å². The van der Waals surface area contributed by atoms with Gasteiger partial charge in [-0.2, -0.15) is 13.2 Å². The molecular formula is C21H18F3N3O. The predicted molar refractivity (Wildman–Crippen MR) is 103 cm³/mol. The lowest BCUT2D eigenvalue weighted by Gasteiger charge is -2.11. The first-order chi connectivity index (χ1) is 13.2. The van der Waals surface area contributed by atoms with Crippen LogP contribution in [0.4, 0.5) is 30.4 Å². The van der Waals surface area contributed by atoms with E-state index in [1.807, 2.05) is 26.0 Å². The molecule has 0 saturated heterocycles. The van der Waals surface area contributed by atoms with E-state index >= 15 is 0 Å². The highest BCUT2D eigenvalue weighted by Crippen LogP contribution is 2.31. The number of carbonyl (C=O) groups is 1. The van der Waals surface area contributed by atoms with Crippen molar-refractivity contribution in [3.63, 3.8) is 0 Å². The van der Waals surface area contributed by atoms with Gasteiger partial charge in [-0.15, -0.1) is 0 Å². The molecule has 0 atom stereocenters. The zero-order valence-corrected chi connectivity index (χ0v) is 15.3. The molecule has 0 bridgehead atoms. The molecule has 0 aliphatic rings. The fraction of sp³-hybridized carbons (Fsp3) is 0.143. The zero-order valence-electron chi connectivity index (χ0n) is 15.3. The summed E-state index contributed by atoms with van der Waals surface area (Å²) in [5.41, 5.74) is 2.67. The van der Waals surface area contributed by atoms with Crippen LogP contribution in [-0.2, 0) is 6.18 Å². The Labute approximate surface area is 160 Å². The molecule has 1 heterocycles. The number of hydrogen-bond donors (Lipinski definition) is 2. The molecule has 0 saturated carbocycles. The van der Waals surface area contributed by atoms with Crippen LogP contribution in [0.1, 0.15) is 27.0 Å². The molecule has 0 radical (unpaired) electrons. The van der Waals surface area contributed by atoms with Gasteiger partial charge in [0, 0.05) is 11.3 Å². The van der Waals surface area contributed by atoms with E-state index in [1.165, 1.54) is 18.3 Å². The van der Waals surface area contributed by atoms with Crippen molar-refractivity contribution >= 4 is 23.1 Å². The summed E-state index contributed by atoms with van der Waals surface area (Å²) >= 11 is 0. The number of alkyl halides is 3. The number of amides is 1. The van der Waals surface area contributed by atoms with E-state index in [9.17, 15) is 18.0 Å². The highest BCUT2D eigenvalue weighted by atomic mass is 19.4. The third kappa shape index (κ3) is 4.68. The summed E-state index contributed by atoms with van der Waals surface area (Å²) in [5.74, 6) is 0.104. The molecule has 0 fully saturated rings. The normalized spacial score (nSPS) is 11.2. The smallest absolute Gasteiger partial charge is 0.340 e. The van der Waals surface area contributed by atoms with Crippen LogP contribution >= 0.6 is 0 Å². The molecule has 4 nitrogen and oxygen atoms in total. The first-order valence-electron chi connectivity index (χ1n) is 8.51. The lowest BCUT2D eigenvalue weighted by atomic mass is 10.1. The third-order valence-corrected chi connectivity index (χ3v) is 4.25. The third-order valence-electron chi connectivity index (χ3n) is 4.25. The number of benzene rings is 2. The first kappa shape index (κ1) is 19.4. The van der Waals surface area contributed by atoms with Crippen molar-refractivity contribution in [1.82, 2.24) is 4.98 Å². The van der Waals surface area contributed by atoms with Crippen LogP contribution in [-0.4, -0.2) is 10.9 Å². The Bertz CT molecular complexity index is 999. The van der Waals surface area contributed by atoms with Gasteiger partial charge in [0.2, 0.25) is 0 Å². The van der Waals surface area contributed by atoms with Crippen molar-refractivity contribution in [2.45, 2.75) is 20.0 Å². The minimum absolute atomic E-state index is 0.261. The molecule has 0 spiro atoms. The summed E-state index contributed by atoms with van der Waals surface area (Å²) in [4.78, 5) is 16.5. The second-order valence-electron chi connectivity index (χ2n) is 6.39. The van der Waals surface area contributed by atoms with Gasteiger partial charge in [0.05, 0.1) is 17.4 Å². The largest absolute Gasteiger partial charge is 0.416 e. The number of nitrogens with one attached hydrogen (secondary N) is 2. The Hall–Kier alpha value is -3.35. The predicted octanol–water partition coefficient (Wildman–Crippen LogP) is 5.71.